The van der Waals surface area contributed by atoms with Crippen molar-refractivity contribution >= 4 is 28.7 Å². The van der Waals surface area contributed by atoms with Crippen LogP contribution in [-0.4, -0.2) is 14.9 Å². The number of hydrogen-bond acceptors (Lipinski definition) is 2. The molecule has 0 saturated carbocycles. The molecule has 0 aliphatic carbocycles. The molecule has 24 heavy (non-hydrogen) atoms. The molecule has 0 spiro atoms. The Morgan fingerprint density at radius 1 is 1.12 bits per heavy atom. The Labute approximate surface area is 145 Å². The minimum absolute atomic E-state index is 0.249. The molecule has 6 heteroatoms. The first-order valence-electron chi connectivity index (χ1n) is 7.50. The molecule has 2 N–H and O–H groups in total. The zero-order chi connectivity index (χ0) is 16.9. The van der Waals surface area contributed by atoms with Crippen molar-refractivity contribution < 1.29 is 4.39 Å². The Hall–Kier alpha value is -2.73. The first-order chi connectivity index (χ1) is 11.6. The van der Waals surface area contributed by atoms with Crippen molar-refractivity contribution in [2.75, 3.05) is 10.6 Å². The van der Waals surface area contributed by atoms with Crippen LogP contribution >= 0.6 is 12.2 Å². The lowest BCUT2D eigenvalue weighted by molar-refractivity contribution is 0.619. The average Bonchev–Trinajstić information content (AvgIpc) is 2.94. The van der Waals surface area contributed by atoms with Gasteiger partial charge >= 0.3 is 0 Å². The molecule has 122 valence electrons. The number of nitrogens with one attached hydrogen (secondary N) is 2. The molecule has 0 amide bonds. The van der Waals surface area contributed by atoms with Crippen LogP contribution in [0.1, 0.15) is 11.1 Å². The predicted octanol–water partition coefficient (Wildman–Crippen LogP) is 4.19. The second-order valence-corrected chi connectivity index (χ2v) is 5.91. The predicted molar refractivity (Wildman–Crippen MR) is 98.8 cm³/mol. The molecular formula is C18H17FN4S. The van der Waals surface area contributed by atoms with E-state index in [9.17, 15) is 4.39 Å². The van der Waals surface area contributed by atoms with Crippen LogP contribution in [0.2, 0.25) is 0 Å². The third kappa shape index (κ3) is 4.39. The number of thiocarbonyl (C=S) groups is 1. The largest absolute Gasteiger partial charge is 0.332 e. The van der Waals surface area contributed by atoms with Gasteiger partial charge in [-0.05, 0) is 54.5 Å². The Morgan fingerprint density at radius 3 is 2.71 bits per heavy atom. The van der Waals surface area contributed by atoms with Gasteiger partial charge in [0.2, 0.25) is 0 Å². The topological polar surface area (TPSA) is 41.9 Å². The summed E-state index contributed by atoms with van der Waals surface area (Å²) in [5.74, 6) is -0.249. The maximum Gasteiger partial charge on any atom is 0.175 e. The normalized spacial score (nSPS) is 10.4. The molecule has 3 rings (SSSR count). The molecule has 3 aromatic rings. The fourth-order valence-electron chi connectivity index (χ4n) is 2.35. The Morgan fingerprint density at radius 2 is 1.92 bits per heavy atom. The lowest BCUT2D eigenvalue weighted by Gasteiger charge is -2.09. The molecule has 0 bridgehead atoms. The number of halogens is 1. The van der Waals surface area contributed by atoms with Crippen molar-refractivity contribution in [3.63, 3.8) is 0 Å². The highest BCUT2D eigenvalue weighted by Gasteiger charge is 2.03. The zero-order valence-corrected chi connectivity index (χ0v) is 14.0. The van der Waals surface area contributed by atoms with Crippen LogP contribution in [0.15, 0.2) is 60.9 Å². The monoisotopic (exact) mass is 340 g/mol. The minimum atomic E-state index is -0.249. The first kappa shape index (κ1) is 16.1. The highest BCUT2D eigenvalue weighted by Crippen LogP contribution is 2.12. The summed E-state index contributed by atoms with van der Waals surface area (Å²) in [5.41, 5.74) is 3.71. The highest BCUT2D eigenvalue weighted by atomic mass is 32.1. The molecule has 0 aliphatic rings. The standard InChI is InChI=1S/C18H17FN4S/c1-13-4-2-7-16(8-13)21-18(24)22-17-10-20-23(12-17)11-14-5-3-6-15(19)9-14/h2-10,12H,11H2,1H3,(H2,21,22,24). The summed E-state index contributed by atoms with van der Waals surface area (Å²) in [5, 5.41) is 11.0. The van der Waals surface area contributed by atoms with Crippen LogP contribution in [0.4, 0.5) is 15.8 Å². The summed E-state index contributed by atoms with van der Waals surface area (Å²) in [6.07, 6.45) is 3.51. The van der Waals surface area contributed by atoms with Gasteiger partial charge in [0.05, 0.1) is 18.4 Å². The first-order valence-corrected chi connectivity index (χ1v) is 7.91. The lowest BCUT2D eigenvalue weighted by Crippen LogP contribution is -2.18. The van der Waals surface area contributed by atoms with Crippen molar-refractivity contribution in [3.8, 4) is 0 Å². The van der Waals surface area contributed by atoms with E-state index in [-0.39, 0.29) is 5.82 Å². The van der Waals surface area contributed by atoms with E-state index in [2.05, 4.69) is 15.7 Å². The van der Waals surface area contributed by atoms with Crippen molar-refractivity contribution in [3.05, 3.63) is 77.9 Å². The maximum absolute atomic E-state index is 13.2. The fourth-order valence-corrected chi connectivity index (χ4v) is 2.59. The summed E-state index contributed by atoms with van der Waals surface area (Å²) in [6.45, 7) is 2.52. The molecule has 0 aliphatic heterocycles. The van der Waals surface area contributed by atoms with Crippen molar-refractivity contribution in [1.82, 2.24) is 9.78 Å². The zero-order valence-electron chi connectivity index (χ0n) is 13.2. The van der Waals surface area contributed by atoms with Crippen LogP contribution in [-0.2, 0) is 6.54 Å². The molecule has 0 fully saturated rings. The van der Waals surface area contributed by atoms with E-state index in [1.165, 1.54) is 12.1 Å². The summed E-state index contributed by atoms with van der Waals surface area (Å²) in [7, 11) is 0. The fraction of sp³-hybridized carbons (Fsp3) is 0.111. The van der Waals surface area contributed by atoms with Crippen molar-refractivity contribution in [2.24, 2.45) is 0 Å². The number of aromatic nitrogens is 2. The quantitative estimate of drug-likeness (QED) is 0.699. The van der Waals surface area contributed by atoms with Crippen LogP contribution in [0.5, 0.6) is 0 Å². The lowest BCUT2D eigenvalue weighted by atomic mass is 10.2. The third-order valence-electron chi connectivity index (χ3n) is 3.40. The Balaban J connectivity index is 1.60. The van der Waals surface area contributed by atoms with Gasteiger partial charge in [0.1, 0.15) is 5.82 Å². The third-order valence-corrected chi connectivity index (χ3v) is 3.60. The molecule has 4 nitrogen and oxygen atoms in total. The van der Waals surface area contributed by atoms with E-state index in [1.807, 2.05) is 43.5 Å². The summed E-state index contributed by atoms with van der Waals surface area (Å²) >= 11 is 5.31. The molecule has 2 aromatic carbocycles. The number of aryl methyl sites for hydroxylation is 1. The van der Waals surface area contributed by atoms with E-state index in [0.717, 1.165) is 22.5 Å². The van der Waals surface area contributed by atoms with Gasteiger partial charge in [-0.2, -0.15) is 5.10 Å². The van der Waals surface area contributed by atoms with Gasteiger partial charge in [-0.25, -0.2) is 4.39 Å². The molecule has 1 aromatic heterocycles. The van der Waals surface area contributed by atoms with Crippen LogP contribution < -0.4 is 10.6 Å². The summed E-state index contributed by atoms with van der Waals surface area (Å²) in [6, 6.07) is 14.4. The van der Waals surface area contributed by atoms with Gasteiger partial charge in [-0.15, -0.1) is 0 Å². The van der Waals surface area contributed by atoms with Crippen LogP contribution in [0, 0.1) is 12.7 Å². The molecule has 0 saturated heterocycles. The minimum Gasteiger partial charge on any atom is -0.332 e. The molecule has 0 atom stereocenters. The van der Waals surface area contributed by atoms with Gasteiger partial charge in [-0.1, -0.05) is 24.3 Å². The van der Waals surface area contributed by atoms with Crippen molar-refractivity contribution in [2.45, 2.75) is 13.5 Å². The number of rotatable bonds is 4. The van der Waals surface area contributed by atoms with Gasteiger partial charge in [0.25, 0.3) is 0 Å². The number of hydrogen-bond donors (Lipinski definition) is 2. The highest BCUT2D eigenvalue weighted by molar-refractivity contribution is 7.80. The van der Waals surface area contributed by atoms with E-state index in [1.54, 1.807) is 16.9 Å². The van der Waals surface area contributed by atoms with Crippen LogP contribution in [0.25, 0.3) is 0 Å². The Bertz CT molecular complexity index is 859. The molecule has 0 radical (unpaired) electrons. The second-order valence-electron chi connectivity index (χ2n) is 5.51. The molecule has 0 unspecified atom stereocenters. The summed E-state index contributed by atoms with van der Waals surface area (Å²) < 4.78 is 14.9. The van der Waals surface area contributed by atoms with Gasteiger partial charge in [-0.3, -0.25) is 4.68 Å². The second kappa shape index (κ2) is 7.23. The molecular weight excluding hydrogens is 323 g/mol. The molecule has 1 heterocycles. The maximum atomic E-state index is 13.2. The van der Waals surface area contributed by atoms with E-state index >= 15 is 0 Å². The summed E-state index contributed by atoms with van der Waals surface area (Å²) in [4.78, 5) is 0. The van der Waals surface area contributed by atoms with Gasteiger partial charge in [0.15, 0.2) is 5.11 Å². The van der Waals surface area contributed by atoms with Gasteiger partial charge in [0, 0.05) is 11.9 Å². The van der Waals surface area contributed by atoms with Crippen molar-refractivity contribution in [1.29, 1.82) is 0 Å². The number of anilines is 2. The number of benzene rings is 2. The Kier molecular flexibility index (Phi) is 4.86. The smallest absolute Gasteiger partial charge is 0.175 e. The van der Waals surface area contributed by atoms with E-state index < -0.39 is 0 Å². The number of nitrogens with zero attached hydrogens (tertiary/aromatic N) is 2. The van der Waals surface area contributed by atoms with E-state index in [0.29, 0.717) is 11.7 Å². The SMILES string of the molecule is Cc1cccc(NC(=S)Nc2cnn(Cc3cccc(F)c3)c2)c1. The van der Waals surface area contributed by atoms with Gasteiger partial charge < -0.3 is 10.6 Å². The van der Waals surface area contributed by atoms with E-state index in [4.69, 9.17) is 12.2 Å². The average molecular weight is 340 g/mol. The van der Waals surface area contributed by atoms with Crippen LogP contribution in [0.3, 0.4) is 0 Å².